The molecular formula is C7H10N4O3. The lowest BCUT2D eigenvalue weighted by Gasteiger charge is -2.06. The van der Waals surface area contributed by atoms with Gasteiger partial charge in [-0.1, -0.05) is 5.21 Å². The van der Waals surface area contributed by atoms with Gasteiger partial charge in [0.25, 0.3) is 5.91 Å². The van der Waals surface area contributed by atoms with Gasteiger partial charge in [-0.15, -0.1) is 5.10 Å². The maximum Gasteiger partial charge on any atom is 0.325 e. The van der Waals surface area contributed by atoms with Crippen molar-refractivity contribution in [3.05, 3.63) is 11.9 Å². The molecule has 0 saturated carbocycles. The van der Waals surface area contributed by atoms with Crippen molar-refractivity contribution in [2.75, 3.05) is 0 Å². The van der Waals surface area contributed by atoms with Crippen molar-refractivity contribution >= 4 is 11.9 Å². The number of carboxylic acids is 1. The van der Waals surface area contributed by atoms with Gasteiger partial charge < -0.3 is 10.4 Å². The van der Waals surface area contributed by atoms with Crippen molar-refractivity contribution in [3.8, 4) is 0 Å². The minimum Gasteiger partial charge on any atom is -0.480 e. The minimum absolute atomic E-state index is 0.0978. The van der Waals surface area contributed by atoms with Crippen LogP contribution in [0.15, 0.2) is 6.20 Å². The van der Waals surface area contributed by atoms with Gasteiger partial charge >= 0.3 is 5.97 Å². The number of nitrogens with one attached hydrogen (secondary N) is 1. The highest BCUT2D eigenvalue weighted by Crippen LogP contribution is 1.92. The SMILES string of the molecule is CC(NC(=O)c1cn(C)nn1)C(=O)O. The Balaban J connectivity index is 2.63. The topological polar surface area (TPSA) is 97.1 Å². The lowest BCUT2D eigenvalue weighted by molar-refractivity contribution is -0.138. The molecule has 1 rings (SSSR count). The highest BCUT2D eigenvalue weighted by Gasteiger charge is 2.16. The van der Waals surface area contributed by atoms with E-state index < -0.39 is 17.9 Å². The summed E-state index contributed by atoms with van der Waals surface area (Å²) in [5.41, 5.74) is 0.0978. The highest BCUT2D eigenvalue weighted by atomic mass is 16.4. The van der Waals surface area contributed by atoms with Crippen LogP contribution in [-0.2, 0) is 11.8 Å². The average Bonchev–Trinajstić information content (AvgIpc) is 2.51. The number of carboxylic acid groups (broad SMARTS) is 1. The Morgan fingerprint density at radius 3 is 2.71 bits per heavy atom. The van der Waals surface area contributed by atoms with Crippen LogP contribution in [0.3, 0.4) is 0 Å². The Kier molecular flexibility index (Phi) is 2.80. The van der Waals surface area contributed by atoms with Crippen LogP contribution >= 0.6 is 0 Å². The van der Waals surface area contributed by atoms with Gasteiger partial charge in [0.05, 0.1) is 6.20 Å². The molecule has 0 aromatic carbocycles. The van der Waals surface area contributed by atoms with Crippen LogP contribution in [0.2, 0.25) is 0 Å². The Labute approximate surface area is 79.7 Å². The van der Waals surface area contributed by atoms with Gasteiger partial charge in [0.15, 0.2) is 5.69 Å². The normalized spacial score (nSPS) is 12.1. The van der Waals surface area contributed by atoms with Crippen molar-refractivity contribution in [2.24, 2.45) is 7.05 Å². The third-order valence-corrected chi connectivity index (χ3v) is 1.55. The van der Waals surface area contributed by atoms with Crippen LogP contribution in [-0.4, -0.2) is 38.0 Å². The van der Waals surface area contributed by atoms with E-state index >= 15 is 0 Å². The number of aliphatic carboxylic acids is 1. The van der Waals surface area contributed by atoms with E-state index in [0.717, 1.165) is 0 Å². The van der Waals surface area contributed by atoms with Gasteiger partial charge in [-0.3, -0.25) is 14.3 Å². The Morgan fingerprint density at radius 1 is 1.64 bits per heavy atom. The summed E-state index contributed by atoms with van der Waals surface area (Å²) in [6.45, 7) is 1.37. The quantitative estimate of drug-likeness (QED) is 0.650. The van der Waals surface area contributed by atoms with Gasteiger partial charge in [0.1, 0.15) is 6.04 Å². The van der Waals surface area contributed by atoms with Crippen LogP contribution in [0.1, 0.15) is 17.4 Å². The zero-order chi connectivity index (χ0) is 10.7. The third-order valence-electron chi connectivity index (χ3n) is 1.55. The molecule has 1 aromatic rings. The first-order valence-electron chi connectivity index (χ1n) is 3.90. The number of rotatable bonds is 3. The molecule has 0 aliphatic carbocycles. The second-order valence-corrected chi connectivity index (χ2v) is 2.81. The van der Waals surface area contributed by atoms with Crippen molar-refractivity contribution in [2.45, 2.75) is 13.0 Å². The number of carbonyl (C=O) groups is 2. The number of aryl methyl sites for hydroxylation is 1. The second-order valence-electron chi connectivity index (χ2n) is 2.81. The zero-order valence-electron chi connectivity index (χ0n) is 7.76. The van der Waals surface area contributed by atoms with E-state index in [2.05, 4.69) is 15.6 Å². The van der Waals surface area contributed by atoms with Gasteiger partial charge in [-0.05, 0) is 6.92 Å². The van der Waals surface area contributed by atoms with E-state index in [4.69, 9.17) is 5.11 Å². The van der Waals surface area contributed by atoms with Crippen molar-refractivity contribution in [3.63, 3.8) is 0 Å². The van der Waals surface area contributed by atoms with E-state index in [9.17, 15) is 9.59 Å². The maximum atomic E-state index is 11.3. The van der Waals surface area contributed by atoms with Gasteiger partial charge in [0, 0.05) is 7.05 Å². The molecule has 7 heteroatoms. The molecule has 0 radical (unpaired) electrons. The van der Waals surface area contributed by atoms with Gasteiger partial charge in [0.2, 0.25) is 0 Å². The fourth-order valence-electron chi connectivity index (χ4n) is 0.784. The van der Waals surface area contributed by atoms with Crippen molar-refractivity contribution < 1.29 is 14.7 Å². The molecule has 1 atom stereocenters. The summed E-state index contributed by atoms with van der Waals surface area (Å²) in [6, 6.07) is -0.940. The molecule has 2 N–H and O–H groups in total. The van der Waals surface area contributed by atoms with Crippen LogP contribution in [0.25, 0.3) is 0 Å². The third kappa shape index (κ3) is 2.28. The lowest BCUT2D eigenvalue weighted by atomic mass is 10.3. The first kappa shape index (κ1) is 10.2. The number of aromatic nitrogens is 3. The van der Waals surface area contributed by atoms with E-state index in [1.54, 1.807) is 7.05 Å². The molecule has 1 heterocycles. The van der Waals surface area contributed by atoms with E-state index in [0.29, 0.717) is 0 Å². The molecule has 0 spiro atoms. The number of nitrogens with zero attached hydrogens (tertiary/aromatic N) is 3. The molecule has 0 aliphatic heterocycles. The number of amides is 1. The summed E-state index contributed by atoms with van der Waals surface area (Å²) in [4.78, 5) is 21.7. The summed E-state index contributed by atoms with van der Waals surface area (Å²) in [6.07, 6.45) is 1.41. The predicted molar refractivity (Wildman–Crippen MR) is 45.6 cm³/mol. The molecule has 0 saturated heterocycles. The van der Waals surface area contributed by atoms with Crippen LogP contribution < -0.4 is 5.32 Å². The van der Waals surface area contributed by atoms with Crippen LogP contribution in [0.4, 0.5) is 0 Å². The number of carbonyl (C=O) groups excluding carboxylic acids is 1. The molecular weight excluding hydrogens is 188 g/mol. The van der Waals surface area contributed by atoms with Gasteiger partial charge in [-0.25, -0.2) is 0 Å². The molecule has 1 amide bonds. The highest BCUT2D eigenvalue weighted by molar-refractivity contribution is 5.94. The molecule has 7 nitrogen and oxygen atoms in total. The summed E-state index contributed by atoms with van der Waals surface area (Å²) in [7, 11) is 1.62. The summed E-state index contributed by atoms with van der Waals surface area (Å²) in [5.74, 6) is -1.64. The first-order chi connectivity index (χ1) is 6.50. The number of hydrogen-bond acceptors (Lipinski definition) is 4. The van der Waals surface area contributed by atoms with Crippen LogP contribution in [0, 0.1) is 0 Å². The summed E-state index contributed by atoms with van der Waals surface area (Å²) >= 11 is 0. The molecule has 0 aliphatic rings. The Morgan fingerprint density at radius 2 is 2.29 bits per heavy atom. The van der Waals surface area contributed by atoms with E-state index in [1.807, 2.05) is 0 Å². The van der Waals surface area contributed by atoms with Crippen molar-refractivity contribution in [1.29, 1.82) is 0 Å². The van der Waals surface area contributed by atoms with Gasteiger partial charge in [-0.2, -0.15) is 0 Å². The largest absolute Gasteiger partial charge is 0.480 e. The van der Waals surface area contributed by atoms with Crippen LogP contribution in [0.5, 0.6) is 0 Å². The first-order valence-corrected chi connectivity index (χ1v) is 3.90. The molecule has 14 heavy (non-hydrogen) atoms. The fourth-order valence-corrected chi connectivity index (χ4v) is 0.784. The summed E-state index contributed by atoms with van der Waals surface area (Å²) in [5, 5.41) is 17.9. The second kappa shape index (κ2) is 3.86. The van der Waals surface area contributed by atoms with E-state index in [-0.39, 0.29) is 5.69 Å². The standard InChI is InChI=1S/C7H10N4O3/c1-4(7(13)14)8-6(12)5-3-11(2)10-9-5/h3-4H,1-2H3,(H,8,12)(H,13,14). The molecule has 0 bridgehead atoms. The lowest BCUT2D eigenvalue weighted by Crippen LogP contribution is -2.38. The zero-order valence-corrected chi connectivity index (χ0v) is 7.76. The molecule has 1 aromatic heterocycles. The fraction of sp³-hybridized carbons (Fsp3) is 0.429. The molecule has 0 fully saturated rings. The predicted octanol–water partition coefficient (Wildman–Crippen LogP) is -0.982. The summed E-state index contributed by atoms with van der Waals surface area (Å²) < 4.78 is 1.36. The molecule has 76 valence electrons. The van der Waals surface area contributed by atoms with Crippen molar-refractivity contribution in [1.82, 2.24) is 20.3 Å². The van der Waals surface area contributed by atoms with E-state index in [1.165, 1.54) is 17.8 Å². The monoisotopic (exact) mass is 198 g/mol. The maximum absolute atomic E-state index is 11.3. The minimum atomic E-state index is -1.10. The smallest absolute Gasteiger partial charge is 0.325 e. The number of hydrogen-bond donors (Lipinski definition) is 2. The Hall–Kier alpha value is -1.92. The Bertz CT molecular complexity index is 360. The molecule has 1 unspecified atom stereocenters. The average molecular weight is 198 g/mol.